The molecule has 1 atom stereocenters. The summed E-state index contributed by atoms with van der Waals surface area (Å²) in [6.07, 6.45) is 14.2. The van der Waals surface area contributed by atoms with Gasteiger partial charge in [0.25, 0.3) is 0 Å². The molecule has 0 heterocycles. The van der Waals surface area contributed by atoms with Crippen molar-refractivity contribution in [2.45, 2.75) is 70.3 Å². The molecule has 0 aromatic carbocycles. The molecular weight excluding hydrogens is 208 g/mol. The van der Waals surface area contributed by atoms with Gasteiger partial charge in [-0.15, -0.1) is 0 Å². The van der Waals surface area contributed by atoms with Crippen LogP contribution in [0.1, 0.15) is 64.2 Å². The molecule has 0 aliphatic heterocycles. The van der Waals surface area contributed by atoms with Gasteiger partial charge in [0.15, 0.2) is 0 Å². The highest BCUT2D eigenvalue weighted by Gasteiger charge is 2.18. The lowest BCUT2D eigenvalue weighted by Gasteiger charge is -2.26. The highest BCUT2D eigenvalue weighted by Crippen LogP contribution is 2.29. The van der Waals surface area contributed by atoms with Crippen molar-refractivity contribution in [2.75, 3.05) is 13.1 Å². The van der Waals surface area contributed by atoms with E-state index in [0.717, 1.165) is 18.4 Å². The maximum absolute atomic E-state index is 6.21. The zero-order valence-electron chi connectivity index (χ0n) is 11.3. The minimum absolute atomic E-state index is 0.388. The van der Waals surface area contributed by atoms with E-state index >= 15 is 0 Å². The van der Waals surface area contributed by atoms with Crippen LogP contribution in [0.2, 0.25) is 0 Å². The quantitative estimate of drug-likeness (QED) is 0.669. The van der Waals surface area contributed by atoms with Crippen LogP contribution in [-0.2, 0) is 0 Å². The van der Waals surface area contributed by atoms with Crippen LogP contribution < -0.4 is 11.1 Å². The predicted octanol–water partition coefficient (Wildman–Crippen LogP) is 3.06. The normalized spacial score (nSPS) is 24.5. The third kappa shape index (κ3) is 4.97. The van der Waals surface area contributed by atoms with Crippen molar-refractivity contribution in [1.29, 1.82) is 0 Å². The third-order valence-corrected chi connectivity index (χ3v) is 4.72. The molecule has 1 unspecified atom stereocenters. The maximum atomic E-state index is 6.21. The maximum Gasteiger partial charge on any atom is 0.0167 e. The molecule has 0 amide bonds. The summed E-state index contributed by atoms with van der Waals surface area (Å²) in [5.74, 6) is 1.95. The Morgan fingerprint density at radius 2 is 1.65 bits per heavy atom. The van der Waals surface area contributed by atoms with Crippen LogP contribution in [0, 0.1) is 11.8 Å². The topological polar surface area (TPSA) is 38.0 Å². The standard InChI is InChI=1S/C15H30N2/c16-15(11-14-5-2-1-3-6-14)12-17-10-9-13-7-4-8-13/h13-15,17H,1-12,16H2. The summed E-state index contributed by atoms with van der Waals surface area (Å²) in [7, 11) is 0. The SMILES string of the molecule is NC(CNCCC1CCC1)CC1CCCCC1. The molecule has 0 radical (unpaired) electrons. The molecule has 2 rings (SSSR count). The number of rotatable bonds is 7. The van der Waals surface area contributed by atoms with E-state index in [1.54, 1.807) is 0 Å². The predicted molar refractivity (Wildman–Crippen MR) is 74.0 cm³/mol. The van der Waals surface area contributed by atoms with Gasteiger partial charge in [0, 0.05) is 12.6 Å². The Labute approximate surface area is 107 Å². The molecule has 2 fully saturated rings. The van der Waals surface area contributed by atoms with Crippen molar-refractivity contribution in [1.82, 2.24) is 5.32 Å². The van der Waals surface area contributed by atoms with Crippen LogP contribution in [0.3, 0.4) is 0 Å². The lowest BCUT2D eigenvalue weighted by Crippen LogP contribution is -2.36. The third-order valence-electron chi connectivity index (χ3n) is 4.72. The van der Waals surface area contributed by atoms with Crippen LogP contribution in [-0.4, -0.2) is 19.1 Å². The van der Waals surface area contributed by atoms with Crippen molar-refractivity contribution in [3.8, 4) is 0 Å². The highest BCUT2D eigenvalue weighted by molar-refractivity contribution is 4.75. The average Bonchev–Trinajstić information content (AvgIpc) is 2.27. The molecule has 0 bridgehead atoms. The lowest BCUT2D eigenvalue weighted by atomic mass is 9.83. The summed E-state index contributed by atoms with van der Waals surface area (Å²) in [5, 5.41) is 3.55. The molecule has 2 aliphatic rings. The molecule has 100 valence electrons. The van der Waals surface area contributed by atoms with Gasteiger partial charge in [0.1, 0.15) is 0 Å². The first-order chi connectivity index (χ1) is 8.34. The summed E-state index contributed by atoms with van der Waals surface area (Å²) in [5.41, 5.74) is 6.21. The first kappa shape index (κ1) is 13.4. The Hall–Kier alpha value is -0.0800. The fourth-order valence-electron chi connectivity index (χ4n) is 3.31. The molecule has 0 aromatic rings. The van der Waals surface area contributed by atoms with Gasteiger partial charge < -0.3 is 11.1 Å². The van der Waals surface area contributed by atoms with Crippen LogP contribution in [0.25, 0.3) is 0 Å². The van der Waals surface area contributed by atoms with Crippen molar-refractivity contribution in [3.63, 3.8) is 0 Å². The van der Waals surface area contributed by atoms with Crippen molar-refractivity contribution in [2.24, 2.45) is 17.6 Å². The van der Waals surface area contributed by atoms with Gasteiger partial charge >= 0.3 is 0 Å². The van der Waals surface area contributed by atoms with Gasteiger partial charge in [0.2, 0.25) is 0 Å². The number of hydrogen-bond donors (Lipinski definition) is 2. The molecule has 3 N–H and O–H groups in total. The summed E-state index contributed by atoms with van der Waals surface area (Å²) in [6.45, 7) is 2.21. The first-order valence-electron chi connectivity index (χ1n) is 7.81. The van der Waals surface area contributed by atoms with Gasteiger partial charge in [-0.3, -0.25) is 0 Å². The van der Waals surface area contributed by atoms with Crippen molar-refractivity contribution >= 4 is 0 Å². The minimum atomic E-state index is 0.388. The van der Waals surface area contributed by atoms with Gasteiger partial charge in [-0.1, -0.05) is 51.4 Å². The number of hydrogen-bond acceptors (Lipinski definition) is 2. The molecule has 0 spiro atoms. The van der Waals surface area contributed by atoms with E-state index in [-0.39, 0.29) is 0 Å². The van der Waals surface area contributed by atoms with Crippen molar-refractivity contribution in [3.05, 3.63) is 0 Å². The van der Waals surface area contributed by atoms with E-state index in [2.05, 4.69) is 5.32 Å². The largest absolute Gasteiger partial charge is 0.327 e. The molecule has 0 aromatic heterocycles. The Balaban J connectivity index is 1.46. The van der Waals surface area contributed by atoms with Crippen LogP contribution in [0.5, 0.6) is 0 Å². The number of nitrogens with one attached hydrogen (secondary N) is 1. The second kappa shape index (κ2) is 7.38. The van der Waals surface area contributed by atoms with E-state index in [0.29, 0.717) is 6.04 Å². The molecule has 2 aliphatic carbocycles. The molecule has 2 heteroatoms. The van der Waals surface area contributed by atoms with E-state index in [1.807, 2.05) is 0 Å². The monoisotopic (exact) mass is 238 g/mol. The summed E-state index contributed by atoms with van der Waals surface area (Å²) < 4.78 is 0. The van der Waals surface area contributed by atoms with Crippen LogP contribution in [0.4, 0.5) is 0 Å². The van der Waals surface area contributed by atoms with Gasteiger partial charge in [-0.25, -0.2) is 0 Å². The molecule has 17 heavy (non-hydrogen) atoms. The fraction of sp³-hybridized carbons (Fsp3) is 1.00. The zero-order valence-corrected chi connectivity index (χ0v) is 11.3. The minimum Gasteiger partial charge on any atom is -0.327 e. The summed E-state index contributed by atoms with van der Waals surface area (Å²) >= 11 is 0. The van der Waals surface area contributed by atoms with Gasteiger partial charge in [0.05, 0.1) is 0 Å². The van der Waals surface area contributed by atoms with E-state index < -0.39 is 0 Å². The van der Waals surface area contributed by atoms with Crippen LogP contribution >= 0.6 is 0 Å². The van der Waals surface area contributed by atoms with E-state index in [1.165, 1.54) is 70.8 Å². The van der Waals surface area contributed by atoms with Gasteiger partial charge in [-0.05, 0) is 31.2 Å². The van der Waals surface area contributed by atoms with E-state index in [4.69, 9.17) is 5.73 Å². The molecule has 0 saturated heterocycles. The second-order valence-electron chi connectivity index (χ2n) is 6.29. The average molecular weight is 238 g/mol. The first-order valence-corrected chi connectivity index (χ1v) is 7.81. The number of nitrogens with two attached hydrogens (primary N) is 1. The smallest absolute Gasteiger partial charge is 0.0167 e. The second-order valence-corrected chi connectivity index (χ2v) is 6.29. The fourth-order valence-corrected chi connectivity index (χ4v) is 3.31. The summed E-state index contributed by atoms with van der Waals surface area (Å²) in [6, 6.07) is 0.388. The molecule has 2 saturated carbocycles. The molecule has 2 nitrogen and oxygen atoms in total. The Morgan fingerprint density at radius 3 is 2.29 bits per heavy atom. The summed E-state index contributed by atoms with van der Waals surface area (Å²) in [4.78, 5) is 0. The van der Waals surface area contributed by atoms with Gasteiger partial charge in [-0.2, -0.15) is 0 Å². The Bertz CT molecular complexity index is 195. The Kier molecular flexibility index (Phi) is 5.79. The van der Waals surface area contributed by atoms with E-state index in [9.17, 15) is 0 Å². The highest BCUT2D eigenvalue weighted by atomic mass is 14.9. The lowest BCUT2D eigenvalue weighted by molar-refractivity contribution is 0.286. The van der Waals surface area contributed by atoms with Crippen molar-refractivity contribution < 1.29 is 0 Å². The van der Waals surface area contributed by atoms with Crippen LogP contribution in [0.15, 0.2) is 0 Å². The Morgan fingerprint density at radius 1 is 0.941 bits per heavy atom. The zero-order chi connectivity index (χ0) is 11.9. The molecular formula is C15H30N2.